The SMILES string of the molecule is CC(CCNC(=O)NCc1nncn1C)CCC(=O)O. The first-order chi connectivity index (χ1) is 9.49. The molecule has 0 aromatic carbocycles. The number of carbonyl (C=O) groups excluding carboxylic acids is 1. The van der Waals surface area contributed by atoms with Gasteiger partial charge in [0.05, 0.1) is 6.54 Å². The van der Waals surface area contributed by atoms with Gasteiger partial charge in [-0.1, -0.05) is 6.92 Å². The molecule has 112 valence electrons. The third-order valence-corrected chi connectivity index (χ3v) is 2.99. The van der Waals surface area contributed by atoms with Gasteiger partial charge in [0, 0.05) is 20.0 Å². The predicted molar refractivity (Wildman–Crippen MR) is 71.9 cm³/mol. The average Bonchev–Trinajstić information content (AvgIpc) is 2.79. The Morgan fingerprint density at radius 3 is 2.75 bits per heavy atom. The molecule has 1 aromatic heterocycles. The van der Waals surface area contributed by atoms with Crippen LogP contribution in [0.15, 0.2) is 6.33 Å². The highest BCUT2D eigenvalue weighted by Gasteiger charge is 2.07. The van der Waals surface area contributed by atoms with E-state index >= 15 is 0 Å². The molecule has 0 fully saturated rings. The van der Waals surface area contributed by atoms with E-state index in [1.165, 1.54) is 0 Å². The molecular weight excluding hydrogens is 262 g/mol. The number of carbonyl (C=O) groups is 2. The van der Waals surface area contributed by atoms with E-state index in [0.717, 1.165) is 6.42 Å². The second kappa shape index (κ2) is 8.13. The van der Waals surface area contributed by atoms with Crippen LogP contribution < -0.4 is 10.6 Å². The number of aliphatic carboxylic acids is 1. The standard InChI is InChI=1S/C12H21N5O3/c1-9(3-4-11(18)19)5-6-13-12(20)14-7-10-16-15-8-17(10)2/h8-9H,3-7H2,1-2H3,(H,18,19)(H2,13,14,20). The molecule has 1 unspecified atom stereocenters. The van der Waals surface area contributed by atoms with Gasteiger partial charge in [-0.2, -0.15) is 0 Å². The molecule has 8 heteroatoms. The molecule has 8 nitrogen and oxygen atoms in total. The van der Waals surface area contributed by atoms with E-state index in [9.17, 15) is 9.59 Å². The van der Waals surface area contributed by atoms with Gasteiger partial charge in [0.2, 0.25) is 0 Å². The van der Waals surface area contributed by atoms with Crippen molar-refractivity contribution in [1.82, 2.24) is 25.4 Å². The minimum atomic E-state index is -0.786. The first-order valence-corrected chi connectivity index (χ1v) is 6.55. The van der Waals surface area contributed by atoms with Gasteiger partial charge in [0.1, 0.15) is 6.33 Å². The van der Waals surface area contributed by atoms with Crippen molar-refractivity contribution < 1.29 is 14.7 Å². The fourth-order valence-electron chi connectivity index (χ4n) is 1.64. The first kappa shape index (κ1) is 15.9. The van der Waals surface area contributed by atoms with Crippen LogP contribution in [-0.2, 0) is 18.4 Å². The van der Waals surface area contributed by atoms with Crippen LogP contribution in [0, 0.1) is 5.92 Å². The zero-order valence-corrected chi connectivity index (χ0v) is 11.8. The summed E-state index contributed by atoms with van der Waals surface area (Å²) < 4.78 is 1.73. The van der Waals surface area contributed by atoms with Crippen molar-refractivity contribution in [2.75, 3.05) is 6.54 Å². The number of hydrogen-bond acceptors (Lipinski definition) is 4. The molecule has 0 aliphatic carbocycles. The second-order valence-corrected chi connectivity index (χ2v) is 4.79. The normalized spacial score (nSPS) is 11.9. The van der Waals surface area contributed by atoms with Crippen LogP contribution in [0.4, 0.5) is 4.79 Å². The molecule has 2 amide bonds. The fourth-order valence-corrected chi connectivity index (χ4v) is 1.64. The highest BCUT2D eigenvalue weighted by Crippen LogP contribution is 2.08. The van der Waals surface area contributed by atoms with E-state index in [0.29, 0.717) is 25.3 Å². The van der Waals surface area contributed by atoms with Gasteiger partial charge in [-0.15, -0.1) is 10.2 Å². The molecule has 0 saturated heterocycles. The van der Waals surface area contributed by atoms with Gasteiger partial charge in [-0.05, 0) is 18.8 Å². The van der Waals surface area contributed by atoms with E-state index in [2.05, 4.69) is 20.8 Å². The summed E-state index contributed by atoms with van der Waals surface area (Å²) in [6.45, 7) is 2.81. The maximum atomic E-state index is 11.5. The lowest BCUT2D eigenvalue weighted by molar-refractivity contribution is -0.137. The largest absolute Gasteiger partial charge is 0.481 e. The zero-order chi connectivity index (χ0) is 15.0. The number of nitrogens with one attached hydrogen (secondary N) is 2. The lowest BCUT2D eigenvalue weighted by Gasteiger charge is -2.11. The molecule has 0 aliphatic heterocycles. The Hall–Kier alpha value is -2.12. The maximum Gasteiger partial charge on any atom is 0.315 e. The summed E-state index contributed by atoms with van der Waals surface area (Å²) >= 11 is 0. The number of aryl methyl sites for hydroxylation is 1. The molecule has 1 heterocycles. The van der Waals surface area contributed by atoms with Gasteiger partial charge in [-0.25, -0.2) is 4.79 Å². The number of rotatable bonds is 8. The Kier molecular flexibility index (Phi) is 6.48. The number of hydrogen-bond donors (Lipinski definition) is 3. The van der Waals surface area contributed by atoms with Crippen molar-refractivity contribution in [3.8, 4) is 0 Å². The molecular formula is C12H21N5O3. The van der Waals surface area contributed by atoms with Crippen molar-refractivity contribution in [2.24, 2.45) is 13.0 Å². The van der Waals surface area contributed by atoms with Crippen LogP contribution in [0.2, 0.25) is 0 Å². The highest BCUT2D eigenvalue weighted by molar-refractivity contribution is 5.73. The summed E-state index contributed by atoms with van der Waals surface area (Å²) in [5.74, 6) is 0.159. The zero-order valence-electron chi connectivity index (χ0n) is 11.8. The molecule has 1 atom stereocenters. The number of aromatic nitrogens is 3. The molecule has 0 bridgehead atoms. The summed E-state index contributed by atoms with van der Waals surface area (Å²) in [5.41, 5.74) is 0. The molecule has 0 saturated carbocycles. The van der Waals surface area contributed by atoms with Crippen LogP contribution in [0.3, 0.4) is 0 Å². The summed E-state index contributed by atoms with van der Waals surface area (Å²) in [6, 6.07) is -0.265. The highest BCUT2D eigenvalue weighted by atomic mass is 16.4. The van der Waals surface area contributed by atoms with Crippen molar-refractivity contribution in [3.63, 3.8) is 0 Å². The van der Waals surface area contributed by atoms with Gasteiger partial charge >= 0.3 is 12.0 Å². The molecule has 20 heavy (non-hydrogen) atoms. The lowest BCUT2D eigenvalue weighted by Crippen LogP contribution is -2.36. The van der Waals surface area contributed by atoms with E-state index < -0.39 is 5.97 Å². The summed E-state index contributed by atoms with van der Waals surface area (Å²) in [7, 11) is 1.80. The van der Waals surface area contributed by atoms with E-state index in [1.807, 2.05) is 6.92 Å². The Morgan fingerprint density at radius 2 is 2.15 bits per heavy atom. The van der Waals surface area contributed by atoms with Gasteiger partial charge in [0.15, 0.2) is 5.82 Å². The number of carboxylic acids is 1. The molecule has 0 spiro atoms. The van der Waals surface area contributed by atoms with Gasteiger partial charge < -0.3 is 20.3 Å². The summed E-state index contributed by atoms with van der Waals surface area (Å²) in [5, 5.41) is 21.5. The Morgan fingerprint density at radius 1 is 1.40 bits per heavy atom. The fraction of sp³-hybridized carbons (Fsp3) is 0.667. The van der Waals surface area contributed by atoms with Gasteiger partial charge in [0.25, 0.3) is 0 Å². The molecule has 0 radical (unpaired) electrons. The average molecular weight is 283 g/mol. The van der Waals surface area contributed by atoms with Crippen molar-refractivity contribution in [1.29, 1.82) is 0 Å². The third-order valence-electron chi connectivity index (χ3n) is 2.99. The van der Waals surface area contributed by atoms with Crippen LogP contribution in [0.25, 0.3) is 0 Å². The quantitative estimate of drug-likeness (QED) is 0.644. The predicted octanol–water partition coefficient (Wildman–Crippen LogP) is 0.505. The minimum absolute atomic E-state index is 0.166. The Bertz CT molecular complexity index is 446. The Balaban J connectivity index is 2.11. The number of urea groups is 1. The van der Waals surface area contributed by atoms with Crippen LogP contribution in [0.5, 0.6) is 0 Å². The van der Waals surface area contributed by atoms with Gasteiger partial charge in [-0.3, -0.25) is 4.79 Å². The third kappa shape index (κ3) is 6.17. The second-order valence-electron chi connectivity index (χ2n) is 4.79. The van der Waals surface area contributed by atoms with E-state index in [-0.39, 0.29) is 18.4 Å². The summed E-state index contributed by atoms with van der Waals surface area (Å²) in [4.78, 5) is 21.9. The number of amides is 2. The topological polar surface area (TPSA) is 109 Å². The minimum Gasteiger partial charge on any atom is -0.481 e. The van der Waals surface area contributed by atoms with Crippen molar-refractivity contribution in [2.45, 2.75) is 32.7 Å². The van der Waals surface area contributed by atoms with Crippen LogP contribution in [-0.4, -0.2) is 38.4 Å². The number of nitrogens with zero attached hydrogens (tertiary/aromatic N) is 3. The Labute approximate surface area is 117 Å². The monoisotopic (exact) mass is 283 g/mol. The van der Waals surface area contributed by atoms with Crippen LogP contribution >= 0.6 is 0 Å². The molecule has 1 aromatic rings. The van der Waals surface area contributed by atoms with E-state index in [1.54, 1.807) is 17.9 Å². The maximum absolute atomic E-state index is 11.5. The smallest absolute Gasteiger partial charge is 0.315 e. The van der Waals surface area contributed by atoms with Crippen molar-refractivity contribution >= 4 is 12.0 Å². The molecule has 1 rings (SSSR count). The van der Waals surface area contributed by atoms with E-state index in [4.69, 9.17) is 5.11 Å². The number of carboxylic acid groups (broad SMARTS) is 1. The van der Waals surface area contributed by atoms with Crippen LogP contribution in [0.1, 0.15) is 32.0 Å². The molecule has 0 aliphatic rings. The summed E-state index contributed by atoms with van der Waals surface area (Å²) in [6.07, 6.45) is 3.11. The first-order valence-electron chi connectivity index (χ1n) is 6.55. The molecule has 3 N–H and O–H groups in total. The van der Waals surface area contributed by atoms with Crippen molar-refractivity contribution in [3.05, 3.63) is 12.2 Å². The lowest BCUT2D eigenvalue weighted by atomic mass is 10.0.